The summed E-state index contributed by atoms with van der Waals surface area (Å²) >= 11 is 0. The quantitative estimate of drug-likeness (QED) is 0.280. The number of fused-ring (bicyclic) bond motifs is 2. The molecule has 0 spiro atoms. The van der Waals surface area contributed by atoms with Gasteiger partial charge in [-0.3, -0.25) is 14.4 Å². The van der Waals surface area contributed by atoms with Crippen molar-refractivity contribution in [3.05, 3.63) is 71.0 Å². The van der Waals surface area contributed by atoms with E-state index < -0.39 is 16.2 Å². The average Bonchev–Trinajstić information content (AvgIpc) is 2.76. The molecule has 0 heterocycles. The van der Waals surface area contributed by atoms with E-state index in [4.69, 9.17) is 4.74 Å². The fourth-order valence-electron chi connectivity index (χ4n) is 5.68. The van der Waals surface area contributed by atoms with Crippen LogP contribution in [0.2, 0.25) is 0 Å². The van der Waals surface area contributed by atoms with Crippen molar-refractivity contribution >= 4 is 17.3 Å². The molecule has 2 bridgehead atoms. The number of hydrogen-bond donors (Lipinski definition) is 0. The van der Waals surface area contributed by atoms with Crippen molar-refractivity contribution in [2.75, 3.05) is 7.11 Å². The summed E-state index contributed by atoms with van der Waals surface area (Å²) in [6.45, 7) is 12.0. The molecule has 0 saturated heterocycles. The molecular weight excluding hydrogens is 412 g/mol. The normalized spacial score (nSPS) is 28.0. The Morgan fingerprint density at radius 3 is 2.18 bits per heavy atom. The van der Waals surface area contributed by atoms with Crippen molar-refractivity contribution in [2.24, 2.45) is 22.2 Å². The van der Waals surface area contributed by atoms with E-state index in [1.165, 1.54) is 18.8 Å². The number of benzene rings is 1. The van der Waals surface area contributed by atoms with Gasteiger partial charge in [0.05, 0.1) is 7.11 Å². The summed E-state index contributed by atoms with van der Waals surface area (Å²) in [5.41, 5.74) is -0.809. The Morgan fingerprint density at radius 1 is 1.03 bits per heavy atom. The van der Waals surface area contributed by atoms with Gasteiger partial charge in [0, 0.05) is 11.6 Å². The van der Waals surface area contributed by atoms with Gasteiger partial charge < -0.3 is 4.74 Å². The SMILES string of the molecule is COC1=CC(=O)[C@@]2(CC=C(C)C)C(=O)[C@]1(C(=O)c1ccccc1)C[C@H](CC=C(C)C)C2(C)C. The Labute approximate surface area is 197 Å². The molecule has 176 valence electrons. The number of allylic oxidation sites excluding steroid dienone is 6. The van der Waals surface area contributed by atoms with E-state index in [9.17, 15) is 14.4 Å². The van der Waals surface area contributed by atoms with Crippen LogP contribution in [-0.4, -0.2) is 24.5 Å². The maximum absolute atomic E-state index is 14.6. The van der Waals surface area contributed by atoms with Crippen LogP contribution in [0.5, 0.6) is 0 Å². The summed E-state index contributed by atoms with van der Waals surface area (Å²) < 4.78 is 5.64. The smallest absolute Gasteiger partial charge is 0.184 e. The average molecular weight is 449 g/mol. The zero-order valence-corrected chi connectivity index (χ0v) is 21.0. The van der Waals surface area contributed by atoms with E-state index in [1.54, 1.807) is 24.3 Å². The summed E-state index contributed by atoms with van der Waals surface area (Å²) in [6.07, 6.45) is 6.83. The lowest BCUT2D eigenvalue weighted by Crippen LogP contribution is -2.67. The number of carbonyl (C=O) groups is 3. The van der Waals surface area contributed by atoms with E-state index >= 15 is 0 Å². The van der Waals surface area contributed by atoms with Crippen molar-refractivity contribution < 1.29 is 19.1 Å². The maximum atomic E-state index is 14.6. The minimum Gasteiger partial charge on any atom is -0.499 e. The highest BCUT2D eigenvalue weighted by molar-refractivity contribution is 6.28. The fraction of sp³-hybridized carbons (Fsp3) is 0.483. The Kier molecular flexibility index (Phi) is 6.70. The van der Waals surface area contributed by atoms with Crippen LogP contribution in [0.25, 0.3) is 0 Å². The third-order valence-electron chi connectivity index (χ3n) is 7.82. The van der Waals surface area contributed by atoms with Crippen LogP contribution in [0, 0.1) is 22.2 Å². The molecule has 2 aliphatic carbocycles. The molecule has 1 aromatic carbocycles. The third kappa shape index (κ3) is 3.74. The molecule has 0 radical (unpaired) electrons. The molecule has 0 aliphatic heterocycles. The molecule has 0 amide bonds. The first-order chi connectivity index (χ1) is 15.4. The highest BCUT2D eigenvalue weighted by Crippen LogP contribution is 2.65. The third-order valence-corrected chi connectivity index (χ3v) is 7.82. The number of Topliss-reactive ketones (excluding diaryl/α,β-unsaturated/α-hetero) is 2. The maximum Gasteiger partial charge on any atom is 0.184 e. The van der Waals surface area contributed by atoms with Crippen molar-refractivity contribution in [1.82, 2.24) is 0 Å². The molecule has 3 atom stereocenters. The molecule has 1 fully saturated rings. The van der Waals surface area contributed by atoms with Crippen LogP contribution in [-0.2, 0) is 14.3 Å². The largest absolute Gasteiger partial charge is 0.499 e. The lowest BCUT2D eigenvalue weighted by atomic mass is 9.40. The van der Waals surface area contributed by atoms with E-state index in [1.807, 2.05) is 53.7 Å². The summed E-state index contributed by atoms with van der Waals surface area (Å²) in [4.78, 5) is 42.4. The molecule has 4 heteroatoms. The van der Waals surface area contributed by atoms with Gasteiger partial charge in [0.1, 0.15) is 11.2 Å². The van der Waals surface area contributed by atoms with Crippen molar-refractivity contribution in [1.29, 1.82) is 0 Å². The van der Waals surface area contributed by atoms with Crippen LogP contribution in [0.3, 0.4) is 0 Å². The van der Waals surface area contributed by atoms with Crippen LogP contribution < -0.4 is 0 Å². The predicted octanol–water partition coefficient (Wildman–Crippen LogP) is 6.28. The molecule has 33 heavy (non-hydrogen) atoms. The van der Waals surface area contributed by atoms with E-state index in [2.05, 4.69) is 6.08 Å². The van der Waals surface area contributed by atoms with Gasteiger partial charge in [-0.15, -0.1) is 0 Å². The van der Waals surface area contributed by atoms with Gasteiger partial charge in [-0.1, -0.05) is 67.5 Å². The molecule has 0 unspecified atom stereocenters. The molecule has 4 nitrogen and oxygen atoms in total. The minimum atomic E-state index is -1.50. The van der Waals surface area contributed by atoms with Gasteiger partial charge >= 0.3 is 0 Å². The Bertz CT molecular complexity index is 1050. The van der Waals surface area contributed by atoms with Gasteiger partial charge in [-0.2, -0.15) is 0 Å². The standard InChI is InChI=1S/C29H36O4/c1-19(2)13-14-22-18-28(25(31)21-11-9-8-10-12-21)24(33-7)17-23(30)29(26(28)32,27(22,5)6)16-15-20(3)4/h8-13,15,17,22H,14,16,18H2,1-7H3/t22-,28+,29-/m0/s1. The number of ketones is 3. The van der Waals surface area contributed by atoms with Crippen molar-refractivity contribution in [3.63, 3.8) is 0 Å². The number of ether oxygens (including phenoxy) is 1. The summed E-state index contributed by atoms with van der Waals surface area (Å²) in [5.74, 6) is -0.745. The highest BCUT2D eigenvalue weighted by Gasteiger charge is 2.72. The van der Waals surface area contributed by atoms with Crippen LogP contribution in [0.4, 0.5) is 0 Å². The lowest BCUT2D eigenvalue weighted by molar-refractivity contribution is -0.167. The second-order valence-electron chi connectivity index (χ2n) is 10.5. The van der Waals surface area contributed by atoms with Gasteiger partial charge in [0.2, 0.25) is 0 Å². The zero-order chi connectivity index (χ0) is 24.6. The monoisotopic (exact) mass is 448 g/mol. The topological polar surface area (TPSA) is 60.4 Å². The lowest BCUT2D eigenvalue weighted by Gasteiger charge is -2.59. The molecule has 1 aromatic rings. The van der Waals surface area contributed by atoms with Crippen LogP contribution in [0.15, 0.2) is 65.5 Å². The molecule has 0 aromatic heterocycles. The first-order valence-electron chi connectivity index (χ1n) is 11.7. The van der Waals surface area contributed by atoms with Crippen molar-refractivity contribution in [2.45, 2.75) is 60.8 Å². The minimum absolute atomic E-state index is 0.0638. The van der Waals surface area contributed by atoms with E-state index in [0.717, 1.165) is 5.57 Å². The highest BCUT2D eigenvalue weighted by atomic mass is 16.5. The zero-order valence-electron chi connectivity index (χ0n) is 21.0. The van der Waals surface area contributed by atoms with Crippen LogP contribution >= 0.6 is 0 Å². The van der Waals surface area contributed by atoms with Crippen molar-refractivity contribution in [3.8, 4) is 0 Å². The number of rotatable bonds is 7. The van der Waals surface area contributed by atoms with E-state index in [-0.39, 0.29) is 35.4 Å². The number of carbonyl (C=O) groups excluding carboxylic acids is 3. The number of hydrogen-bond acceptors (Lipinski definition) is 4. The molecule has 1 saturated carbocycles. The first-order valence-corrected chi connectivity index (χ1v) is 11.7. The predicted molar refractivity (Wildman–Crippen MR) is 131 cm³/mol. The summed E-state index contributed by atoms with van der Waals surface area (Å²) in [6, 6.07) is 8.90. The fourth-order valence-corrected chi connectivity index (χ4v) is 5.68. The molecule has 0 N–H and O–H groups in total. The van der Waals surface area contributed by atoms with E-state index in [0.29, 0.717) is 18.4 Å². The summed E-state index contributed by atoms with van der Waals surface area (Å²) in [7, 11) is 1.44. The van der Waals surface area contributed by atoms with Gasteiger partial charge in [0.25, 0.3) is 0 Å². The molecule has 3 rings (SSSR count). The molecular formula is C29H36O4. The number of methoxy groups -OCH3 is 1. The van der Waals surface area contributed by atoms with Gasteiger partial charge in [-0.05, 0) is 58.3 Å². The second-order valence-corrected chi connectivity index (χ2v) is 10.5. The Balaban J connectivity index is 2.35. The van der Waals surface area contributed by atoms with Gasteiger partial charge in [-0.25, -0.2) is 0 Å². The van der Waals surface area contributed by atoms with Crippen LogP contribution in [0.1, 0.15) is 71.2 Å². The van der Waals surface area contributed by atoms with Gasteiger partial charge in [0.15, 0.2) is 22.8 Å². The Morgan fingerprint density at radius 2 is 1.64 bits per heavy atom. The second kappa shape index (κ2) is 8.89. The Hall–Kier alpha value is -2.75. The first kappa shape index (κ1) is 24.9. The summed E-state index contributed by atoms with van der Waals surface area (Å²) in [5, 5.41) is 0. The molecule has 2 aliphatic rings.